The van der Waals surface area contributed by atoms with Gasteiger partial charge in [0, 0.05) is 30.3 Å². The fraction of sp³-hybridized carbons (Fsp3) is 0.583. The maximum Gasteiger partial charge on any atom is 0.0537 e. The van der Waals surface area contributed by atoms with Gasteiger partial charge in [-0.3, -0.25) is 4.68 Å². The molecule has 0 unspecified atom stereocenters. The maximum absolute atomic E-state index is 5.23. The van der Waals surface area contributed by atoms with Gasteiger partial charge in [-0.1, -0.05) is 13.8 Å². The molecule has 1 aromatic rings. The fourth-order valence-electron chi connectivity index (χ4n) is 1.37. The van der Waals surface area contributed by atoms with Crippen molar-refractivity contribution in [2.45, 2.75) is 46.3 Å². The predicted octanol–water partition coefficient (Wildman–Crippen LogP) is 1.71. The van der Waals surface area contributed by atoms with Crippen LogP contribution in [-0.2, 0) is 13.1 Å². The van der Waals surface area contributed by atoms with Gasteiger partial charge >= 0.3 is 0 Å². The molecule has 0 fully saturated rings. The standard InChI is InChI=1S/C12H19N3/c1-5-6-7-15-11(4)12(9-14-15)8-13-10(2)3/h1,9-10,13H,6-8H2,2-4H3. The minimum atomic E-state index is 0.499. The Morgan fingerprint density at radius 1 is 1.60 bits per heavy atom. The van der Waals surface area contributed by atoms with Crippen LogP contribution in [-0.4, -0.2) is 15.8 Å². The van der Waals surface area contributed by atoms with Crippen molar-refractivity contribution < 1.29 is 0 Å². The zero-order valence-corrected chi connectivity index (χ0v) is 9.75. The molecule has 0 saturated heterocycles. The summed E-state index contributed by atoms with van der Waals surface area (Å²) in [6.07, 6.45) is 7.88. The topological polar surface area (TPSA) is 29.9 Å². The highest BCUT2D eigenvalue weighted by molar-refractivity contribution is 5.16. The van der Waals surface area contributed by atoms with E-state index in [1.807, 2.05) is 10.9 Å². The van der Waals surface area contributed by atoms with Gasteiger partial charge in [-0.25, -0.2) is 0 Å². The monoisotopic (exact) mass is 205 g/mol. The molecule has 0 aromatic carbocycles. The SMILES string of the molecule is C#CCCn1ncc(CNC(C)C)c1C. The van der Waals surface area contributed by atoms with E-state index in [1.165, 1.54) is 11.3 Å². The Balaban J connectivity index is 2.59. The normalized spacial score (nSPS) is 10.6. The molecule has 0 atom stereocenters. The molecule has 1 N–H and O–H groups in total. The van der Waals surface area contributed by atoms with E-state index in [2.05, 4.69) is 37.1 Å². The van der Waals surface area contributed by atoms with Crippen molar-refractivity contribution in [3.63, 3.8) is 0 Å². The van der Waals surface area contributed by atoms with Crippen LogP contribution in [0.1, 0.15) is 31.5 Å². The number of nitrogens with zero attached hydrogens (tertiary/aromatic N) is 2. The minimum Gasteiger partial charge on any atom is -0.310 e. The van der Waals surface area contributed by atoms with E-state index in [1.54, 1.807) is 0 Å². The van der Waals surface area contributed by atoms with Gasteiger partial charge in [-0.05, 0) is 6.92 Å². The van der Waals surface area contributed by atoms with E-state index in [4.69, 9.17) is 6.42 Å². The van der Waals surface area contributed by atoms with Crippen LogP contribution in [0.5, 0.6) is 0 Å². The largest absolute Gasteiger partial charge is 0.310 e. The molecule has 15 heavy (non-hydrogen) atoms. The Bertz CT molecular complexity index is 344. The Hall–Kier alpha value is -1.27. The summed E-state index contributed by atoms with van der Waals surface area (Å²) in [4.78, 5) is 0. The van der Waals surface area contributed by atoms with E-state index in [0.717, 1.165) is 19.5 Å². The van der Waals surface area contributed by atoms with Crippen LogP contribution in [0.15, 0.2) is 6.20 Å². The van der Waals surface area contributed by atoms with Crippen LogP contribution >= 0.6 is 0 Å². The summed E-state index contributed by atoms with van der Waals surface area (Å²) in [5.41, 5.74) is 2.46. The van der Waals surface area contributed by atoms with E-state index >= 15 is 0 Å². The van der Waals surface area contributed by atoms with Crippen molar-refractivity contribution in [1.82, 2.24) is 15.1 Å². The first-order valence-corrected chi connectivity index (χ1v) is 5.33. The first-order chi connectivity index (χ1) is 7.15. The van der Waals surface area contributed by atoms with Gasteiger partial charge in [0.2, 0.25) is 0 Å². The Labute approximate surface area is 91.9 Å². The van der Waals surface area contributed by atoms with Gasteiger partial charge < -0.3 is 5.32 Å². The highest BCUT2D eigenvalue weighted by Gasteiger charge is 2.05. The van der Waals surface area contributed by atoms with Crippen molar-refractivity contribution >= 4 is 0 Å². The zero-order valence-electron chi connectivity index (χ0n) is 9.75. The summed E-state index contributed by atoms with van der Waals surface area (Å²) < 4.78 is 1.97. The van der Waals surface area contributed by atoms with Crippen LogP contribution < -0.4 is 5.32 Å². The first kappa shape index (κ1) is 11.8. The summed E-state index contributed by atoms with van der Waals surface area (Å²) in [5, 5.41) is 7.69. The zero-order chi connectivity index (χ0) is 11.3. The lowest BCUT2D eigenvalue weighted by Crippen LogP contribution is -2.22. The number of hydrogen-bond donors (Lipinski definition) is 1. The van der Waals surface area contributed by atoms with Crippen LogP contribution in [0.4, 0.5) is 0 Å². The molecule has 1 rings (SSSR count). The minimum absolute atomic E-state index is 0.499. The average molecular weight is 205 g/mol. The molecular formula is C12H19N3. The van der Waals surface area contributed by atoms with Crippen molar-refractivity contribution in [3.8, 4) is 12.3 Å². The number of nitrogens with one attached hydrogen (secondary N) is 1. The Morgan fingerprint density at radius 2 is 2.33 bits per heavy atom. The number of aromatic nitrogens is 2. The highest BCUT2D eigenvalue weighted by Crippen LogP contribution is 2.07. The van der Waals surface area contributed by atoms with Crippen molar-refractivity contribution in [3.05, 3.63) is 17.5 Å². The van der Waals surface area contributed by atoms with Crippen LogP contribution in [0.2, 0.25) is 0 Å². The quantitative estimate of drug-likeness (QED) is 0.742. The summed E-state index contributed by atoms with van der Waals surface area (Å²) in [7, 11) is 0. The van der Waals surface area contributed by atoms with Crippen LogP contribution in [0.25, 0.3) is 0 Å². The lowest BCUT2D eigenvalue weighted by molar-refractivity contribution is 0.581. The van der Waals surface area contributed by atoms with Gasteiger partial charge in [0.25, 0.3) is 0 Å². The summed E-state index contributed by atoms with van der Waals surface area (Å²) in [5.74, 6) is 2.63. The average Bonchev–Trinajstić information content (AvgIpc) is 2.54. The molecule has 0 saturated carbocycles. The number of hydrogen-bond acceptors (Lipinski definition) is 2. The molecule has 0 spiro atoms. The summed E-state index contributed by atoms with van der Waals surface area (Å²) >= 11 is 0. The molecular weight excluding hydrogens is 186 g/mol. The molecule has 0 aliphatic rings. The van der Waals surface area contributed by atoms with Crippen LogP contribution in [0.3, 0.4) is 0 Å². The summed E-state index contributed by atoms with van der Waals surface area (Å²) in [6.45, 7) is 8.04. The molecule has 0 bridgehead atoms. The molecule has 3 heteroatoms. The predicted molar refractivity (Wildman–Crippen MR) is 62.4 cm³/mol. The second-order valence-electron chi connectivity index (χ2n) is 3.97. The molecule has 1 aromatic heterocycles. The Kier molecular flexibility index (Phi) is 4.38. The fourth-order valence-corrected chi connectivity index (χ4v) is 1.37. The number of terminal acetylenes is 1. The second kappa shape index (κ2) is 5.57. The lowest BCUT2D eigenvalue weighted by Gasteiger charge is -2.07. The smallest absolute Gasteiger partial charge is 0.0537 e. The molecule has 1 heterocycles. The van der Waals surface area contributed by atoms with Gasteiger partial charge in [0.1, 0.15) is 0 Å². The third-order valence-corrected chi connectivity index (χ3v) is 2.37. The molecule has 0 radical (unpaired) electrons. The second-order valence-corrected chi connectivity index (χ2v) is 3.97. The molecule has 0 amide bonds. The van der Waals surface area contributed by atoms with E-state index < -0.39 is 0 Å². The van der Waals surface area contributed by atoms with Gasteiger partial charge in [0.05, 0.1) is 12.7 Å². The van der Waals surface area contributed by atoms with Gasteiger partial charge in [-0.2, -0.15) is 5.10 Å². The molecule has 0 aliphatic heterocycles. The lowest BCUT2D eigenvalue weighted by atomic mass is 10.2. The number of aryl methyl sites for hydroxylation is 1. The van der Waals surface area contributed by atoms with E-state index in [0.29, 0.717) is 6.04 Å². The third kappa shape index (κ3) is 3.41. The van der Waals surface area contributed by atoms with Crippen LogP contribution in [0, 0.1) is 19.3 Å². The van der Waals surface area contributed by atoms with Crippen molar-refractivity contribution in [2.24, 2.45) is 0 Å². The van der Waals surface area contributed by atoms with Crippen molar-refractivity contribution in [1.29, 1.82) is 0 Å². The van der Waals surface area contributed by atoms with E-state index in [-0.39, 0.29) is 0 Å². The Morgan fingerprint density at radius 3 is 2.93 bits per heavy atom. The van der Waals surface area contributed by atoms with Gasteiger partial charge in [-0.15, -0.1) is 12.3 Å². The molecule has 0 aliphatic carbocycles. The van der Waals surface area contributed by atoms with Gasteiger partial charge in [0.15, 0.2) is 0 Å². The highest BCUT2D eigenvalue weighted by atomic mass is 15.3. The maximum atomic E-state index is 5.23. The number of rotatable bonds is 5. The molecule has 82 valence electrons. The first-order valence-electron chi connectivity index (χ1n) is 5.33. The molecule has 3 nitrogen and oxygen atoms in total. The van der Waals surface area contributed by atoms with Crippen molar-refractivity contribution in [2.75, 3.05) is 0 Å². The third-order valence-electron chi connectivity index (χ3n) is 2.37. The summed E-state index contributed by atoms with van der Waals surface area (Å²) in [6, 6.07) is 0.499. The van der Waals surface area contributed by atoms with E-state index in [9.17, 15) is 0 Å².